The van der Waals surface area contributed by atoms with Crippen LogP contribution >= 0.6 is 12.4 Å². The molecule has 0 amide bonds. The van der Waals surface area contributed by atoms with Gasteiger partial charge in [-0.1, -0.05) is 0 Å². The Hall–Kier alpha value is -0.830. The lowest BCUT2D eigenvalue weighted by Crippen LogP contribution is -2.40. The SMILES string of the molecule is Cl.NCCC1CCCN(S(=O)(=O)c2ccc(F)c(F)c2F)C1. The summed E-state index contributed by atoms with van der Waals surface area (Å²) in [5, 5.41) is 0. The standard InChI is InChI=1S/C13H17F3N2O2S.ClH/c14-10-3-4-11(13(16)12(10)15)21(19,20)18-7-1-2-9(8-18)5-6-17;/h3-4,9H,1-2,5-8,17H2;1H. The van der Waals surface area contributed by atoms with E-state index in [1.54, 1.807) is 0 Å². The lowest BCUT2D eigenvalue weighted by Gasteiger charge is -2.31. The molecule has 0 aromatic heterocycles. The smallest absolute Gasteiger partial charge is 0.246 e. The van der Waals surface area contributed by atoms with Crippen molar-refractivity contribution in [2.45, 2.75) is 24.2 Å². The molecule has 0 aliphatic carbocycles. The minimum atomic E-state index is -4.17. The maximum absolute atomic E-state index is 13.7. The quantitative estimate of drug-likeness (QED) is 0.840. The Morgan fingerprint density at radius 3 is 2.55 bits per heavy atom. The second-order valence-corrected chi connectivity index (χ2v) is 7.03. The predicted octanol–water partition coefficient (Wildman–Crippen LogP) is 2.28. The van der Waals surface area contributed by atoms with Gasteiger partial charge in [-0.15, -0.1) is 12.4 Å². The average molecular weight is 359 g/mol. The molecule has 1 aromatic rings. The molecule has 0 radical (unpaired) electrons. The van der Waals surface area contributed by atoms with Crippen LogP contribution in [0.15, 0.2) is 17.0 Å². The molecular formula is C13H18ClF3N2O2S. The molecule has 4 nitrogen and oxygen atoms in total. The molecule has 1 saturated heterocycles. The fourth-order valence-electron chi connectivity index (χ4n) is 2.56. The van der Waals surface area contributed by atoms with Crippen LogP contribution in [0.2, 0.25) is 0 Å². The second kappa shape index (κ2) is 7.63. The minimum Gasteiger partial charge on any atom is -0.330 e. The summed E-state index contributed by atoms with van der Waals surface area (Å²) in [6.07, 6.45) is 2.16. The summed E-state index contributed by atoms with van der Waals surface area (Å²) >= 11 is 0. The Balaban J connectivity index is 0.00000242. The molecule has 0 bridgehead atoms. The van der Waals surface area contributed by atoms with Crippen molar-refractivity contribution < 1.29 is 21.6 Å². The van der Waals surface area contributed by atoms with Crippen LogP contribution in [0.1, 0.15) is 19.3 Å². The molecule has 1 aromatic carbocycles. The van der Waals surface area contributed by atoms with Gasteiger partial charge >= 0.3 is 0 Å². The van der Waals surface area contributed by atoms with Gasteiger partial charge in [-0.05, 0) is 43.9 Å². The third kappa shape index (κ3) is 3.73. The maximum Gasteiger partial charge on any atom is 0.246 e. The van der Waals surface area contributed by atoms with Crippen molar-refractivity contribution in [3.05, 3.63) is 29.6 Å². The molecule has 0 saturated carbocycles. The molecule has 1 aliphatic heterocycles. The summed E-state index contributed by atoms with van der Waals surface area (Å²) in [5.74, 6) is -4.75. The Kier molecular flexibility index (Phi) is 6.66. The zero-order valence-electron chi connectivity index (χ0n) is 11.8. The maximum atomic E-state index is 13.7. The number of hydrogen-bond donors (Lipinski definition) is 1. The van der Waals surface area contributed by atoms with Crippen molar-refractivity contribution >= 4 is 22.4 Å². The second-order valence-electron chi connectivity index (χ2n) is 5.12. The normalized spacial score (nSPS) is 19.7. The highest BCUT2D eigenvalue weighted by atomic mass is 35.5. The predicted molar refractivity (Wildman–Crippen MR) is 78.7 cm³/mol. The van der Waals surface area contributed by atoms with Crippen molar-refractivity contribution in [3.8, 4) is 0 Å². The molecule has 1 aliphatic rings. The van der Waals surface area contributed by atoms with E-state index in [2.05, 4.69) is 0 Å². The van der Waals surface area contributed by atoms with Gasteiger partial charge in [-0.3, -0.25) is 0 Å². The summed E-state index contributed by atoms with van der Waals surface area (Å²) in [5.41, 5.74) is 5.47. The molecule has 22 heavy (non-hydrogen) atoms. The average Bonchev–Trinajstić information content (AvgIpc) is 2.45. The summed E-state index contributed by atoms with van der Waals surface area (Å²) in [7, 11) is -4.17. The Morgan fingerprint density at radius 2 is 1.91 bits per heavy atom. The summed E-state index contributed by atoms with van der Waals surface area (Å²) in [6.45, 7) is 0.901. The Bertz CT molecular complexity index is 626. The van der Waals surface area contributed by atoms with Gasteiger partial charge in [0.05, 0.1) is 0 Å². The van der Waals surface area contributed by atoms with Crippen LogP contribution < -0.4 is 5.73 Å². The van der Waals surface area contributed by atoms with Crippen molar-refractivity contribution in [1.29, 1.82) is 0 Å². The summed E-state index contributed by atoms with van der Waals surface area (Å²) < 4.78 is 65.8. The highest BCUT2D eigenvalue weighted by Gasteiger charge is 2.33. The lowest BCUT2D eigenvalue weighted by atomic mass is 9.96. The molecule has 1 atom stereocenters. The van der Waals surface area contributed by atoms with Crippen LogP contribution in [0.3, 0.4) is 0 Å². The topological polar surface area (TPSA) is 63.4 Å². The van der Waals surface area contributed by atoms with E-state index < -0.39 is 32.4 Å². The minimum absolute atomic E-state index is 0. The number of piperidine rings is 1. The van der Waals surface area contributed by atoms with E-state index in [0.29, 0.717) is 25.5 Å². The van der Waals surface area contributed by atoms with Crippen LogP contribution in [-0.2, 0) is 10.0 Å². The molecular weight excluding hydrogens is 341 g/mol. The van der Waals surface area contributed by atoms with Gasteiger partial charge in [0.25, 0.3) is 0 Å². The fraction of sp³-hybridized carbons (Fsp3) is 0.538. The van der Waals surface area contributed by atoms with E-state index in [0.717, 1.165) is 16.8 Å². The van der Waals surface area contributed by atoms with Gasteiger partial charge in [0, 0.05) is 13.1 Å². The van der Waals surface area contributed by atoms with Crippen LogP contribution in [0.25, 0.3) is 0 Å². The van der Waals surface area contributed by atoms with Crippen LogP contribution in [0.4, 0.5) is 13.2 Å². The van der Waals surface area contributed by atoms with Gasteiger partial charge in [0.2, 0.25) is 10.0 Å². The number of benzene rings is 1. The first-order chi connectivity index (χ1) is 9.87. The van der Waals surface area contributed by atoms with Crippen LogP contribution in [0, 0.1) is 23.4 Å². The third-order valence-electron chi connectivity index (χ3n) is 3.67. The van der Waals surface area contributed by atoms with Crippen LogP contribution in [-0.4, -0.2) is 32.4 Å². The first kappa shape index (κ1) is 19.2. The zero-order chi connectivity index (χ0) is 15.6. The van der Waals surface area contributed by atoms with Gasteiger partial charge in [0.15, 0.2) is 17.5 Å². The molecule has 1 heterocycles. The van der Waals surface area contributed by atoms with Crippen molar-refractivity contribution in [1.82, 2.24) is 4.31 Å². The largest absolute Gasteiger partial charge is 0.330 e. The van der Waals surface area contributed by atoms with Crippen LogP contribution in [0.5, 0.6) is 0 Å². The van der Waals surface area contributed by atoms with E-state index in [9.17, 15) is 21.6 Å². The van der Waals surface area contributed by atoms with Gasteiger partial charge in [0.1, 0.15) is 4.90 Å². The summed E-state index contributed by atoms with van der Waals surface area (Å²) in [6, 6.07) is 1.38. The van der Waals surface area contributed by atoms with Gasteiger partial charge in [-0.2, -0.15) is 4.31 Å². The van der Waals surface area contributed by atoms with Gasteiger partial charge < -0.3 is 5.73 Å². The molecule has 1 unspecified atom stereocenters. The number of nitrogens with two attached hydrogens (primary N) is 1. The molecule has 2 rings (SSSR count). The van der Waals surface area contributed by atoms with E-state index in [4.69, 9.17) is 5.73 Å². The molecule has 9 heteroatoms. The van der Waals surface area contributed by atoms with E-state index >= 15 is 0 Å². The number of rotatable bonds is 4. The first-order valence-corrected chi connectivity index (χ1v) is 8.15. The molecule has 1 fully saturated rings. The highest BCUT2D eigenvalue weighted by molar-refractivity contribution is 7.89. The summed E-state index contributed by atoms with van der Waals surface area (Å²) in [4.78, 5) is -0.824. The van der Waals surface area contributed by atoms with E-state index in [1.807, 2.05) is 0 Å². The number of sulfonamides is 1. The lowest BCUT2D eigenvalue weighted by molar-refractivity contribution is 0.257. The van der Waals surface area contributed by atoms with Crippen molar-refractivity contribution in [2.24, 2.45) is 11.7 Å². The van der Waals surface area contributed by atoms with E-state index in [1.165, 1.54) is 0 Å². The monoisotopic (exact) mass is 358 g/mol. The molecule has 126 valence electrons. The van der Waals surface area contributed by atoms with E-state index in [-0.39, 0.29) is 31.4 Å². The highest BCUT2D eigenvalue weighted by Crippen LogP contribution is 2.27. The fourth-order valence-corrected chi connectivity index (χ4v) is 4.17. The first-order valence-electron chi connectivity index (χ1n) is 6.71. The number of nitrogens with zero attached hydrogens (tertiary/aromatic N) is 1. The third-order valence-corrected chi connectivity index (χ3v) is 5.56. The number of halogens is 4. The number of hydrogen-bond acceptors (Lipinski definition) is 3. The molecule has 2 N–H and O–H groups in total. The zero-order valence-corrected chi connectivity index (χ0v) is 13.4. The van der Waals surface area contributed by atoms with Crippen molar-refractivity contribution in [3.63, 3.8) is 0 Å². The van der Waals surface area contributed by atoms with Gasteiger partial charge in [-0.25, -0.2) is 21.6 Å². The molecule has 0 spiro atoms. The Morgan fingerprint density at radius 1 is 1.23 bits per heavy atom. The Labute approximate surface area is 133 Å². The van der Waals surface area contributed by atoms with Crippen molar-refractivity contribution in [2.75, 3.05) is 19.6 Å².